The molecule has 160 valence electrons. The Labute approximate surface area is 178 Å². The zero-order chi connectivity index (χ0) is 21.8. The van der Waals surface area contributed by atoms with E-state index < -0.39 is 34.1 Å². The van der Waals surface area contributed by atoms with Gasteiger partial charge in [-0.15, -0.1) is 24.5 Å². The molecule has 0 aliphatic carbocycles. The summed E-state index contributed by atoms with van der Waals surface area (Å²) in [4.78, 5) is 11.9. The summed E-state index contributed by atoms with van der Waals surface area (Å²) < 4.78 is 73.3. The third-order valence-corrected chi connectivity index (χ3v) is 6.44. The highest BCUT2D eigenvalue weighted by molar-refractivity contribution is 7.89. The van der Waals surface area contributed by atoms with Gasteiger partial charge in [0, 0.05) is 6.42 Å². The molecular formula is C16H14Cl2F3NO5S2. The second kappa shape index (κ2) is 9.52. The zero-order valence-corrected chi connectivity index (χ0v) is 17.8. The van der Waals surface area contributed by atoms with Crippen LogP contribution in [0.5, 0.6) is 5.75 Å². The number of hydrogen-bond acceptors (Lipinski definition) is 6. The van der Waals surface area contributed by atoms with Gasteiger partial charge >= 0.3 is 12.3 Å². The van der Waals surface area contributed by atoms with Gasteiger partial charge in [0.25, 0.3) is 0 Å². The molecule has 0 bridgehead atoms. The first-order valence-electron chi connectivity index (χ1n) is 7.89. The first kappa shape index (κ1) is 23.7. The minimum atomic E-state index is -4.91. The predicted octanol–water partition coefficient (Wildman–Crippen LogP) is 4.41. The Kier molecular flexibility index (Phi) is 7.80. The Morgan fingerprint density at radius 2 is 1.86 bits per heavy atom. The average molecular weight is 492 g/mol. The van der Waals surface area contributed by atoms with E-state index in [4.69, 9.17) is 27.9 Å². The van der Waals surface area contributed by atoms with E-state index in [0.29, 0.717) is 9.90 Å². The van der Waals surface area contributed by atoms with Crippen molar-refractivity contribution in [2.45, 2.75) is 30.6 Å². The molecule has 1 aromatic heterocycles. The van der Waals surface area contributed by atoms with Crippen LogP contribution in [0.3, 0.4) is 0 Å². The topological polar surface area (TPSA) is 81.7 Å². The molecule has 0 amide bonds. The number of thiophene rings is 1. The summed E-state index contributed by atoms with van der Waals surface area (Å²) in [5, 5.41) is 0. The fraction of sp³-hybridized carbons (Fsp3) is 0.312. The van der Waals surface area contributed by atoms with Crippen molar-refractivity contribution < 1.29 is 35.9 Å². The normalized spacial score (nSPS) is 13.2. The number of alkyl halides is 3. The van der Waals surface area contributed by atoms with Crippen molar-refractivity contribution >= 4 is 50.5 Å². The van der Waals surface area contributed by atoms with Crippen LogP contribution < -0.4 is 9.46 Å². The molecule has 1 atom stereocenters. The van der Waals surface area contributed by atoms with Crippen LogP contribution in [0.1, 0.15) is 12.5 Å². The molecule has 0 aliphatic rings. The molecule has 2 rings (SSSR count). The van der Waals surface area contributed by atoms with Crippen LogP contribution in [0.15, 0.2) is 35.2 Å². The van der Waals surface area contributed by atoms with Gasteiger partial charge in [0.1, 0.15) is 11.8 Å². The molecule has 2 aromatic rings. The molecule has 0 saturated heterocycles. The van der Waals surface area contributed by atoms with Crippen LogP contribution in [-0.2, 0) is 26.0 Å². The third-order valence-electron chi connectivity index (χ3n) is 3.39. The van der Waals surface area contributed by atoms with Gasteiger partial charge in [-0.05, 0) is 42.8 Å². The zero-order valence-electron chi connectivity index (χ0n) is 14.6. The third kappa shape index (κ3) is 7.03. The lowest BCUT2D eigenvalue weighted by molar-refractivity contribution is -0.274. The highest BCUT2D eigenvalue weighted by Crippen LogP contribution is 2.32. The number of ether oxygens (including phenoxy) is 2. The van der Waals surface area contributed by atoms with Crippen molar-refractivity contribution in [3.63, 3.8) is 0 Å². The molecule has 0 aliphatic heterocycles. The highest BCUT2D eigenvalue weighted by Gasteiger charge is 2.32. The Morgan fingerprint density at radius 3 is 2.34 bits per heavy atom. The summed E-state index contributed by atoms with van der Waals surface area (Å²) in [6, 6.07) is 3.70. The maximum absolute atomic E-state index is 12.6. The van der Waals surface area contributed by atoms with Crippen LogP contribution in [0.2, 0.25) is 8.67 Å². The summed E-state index contributed by atoms with van der Waals surface area (Å²) in [5.74, 6) is -1.43. The molecule has 0 spiro atoms. The average Bonchev–Trinajstić information content (AvgIpc) is 2.90. The fourth-order valence-electron chi connectivity index (χ4n) is 2.23. The van der Waals surface area contributed by atoms with E-state index >= 15 is 0 Å². The number of benzene rings is 1. The summed E-state index contributed by atoms with van der Waals surface area (Å²) in [7, 11) is -4.27. The quantitative estimate of drug-likeness (QED) is 0.553. The summed E-state index contributed by atoms with van der Waals surface area (Å²) >= 11 is 12.9. The van der Waals surface area contributed by atoms with E-state index in [1.54, 1.807) is 6.92 Å². The SMILES string of the molecule is CCOC(=O)C(Cc1cc(Cl)sc1Cl)NS(=O)(=O)c1ccc(OC(F)(F)F)cc1. The molecule has 1 heterocycles. The molecule has 0 radical (unpaired) electrons. The number of carbonyl (C=O) groups excluding carboxylic acids is 1. The number of esters is 1. The summed E-state index contributed by atoms with van der Waals surface area (Å²) in [6.07, 6.45) is -5.04. The van der Waals surface area contributed by atoms with Crippen molar-refractivity contribution in [2.24, 2.45) is 0 Å². The minimum absolute atomic E-state index is 0.0126. The molecule has 6 nitrogen and oxygen atoms in total. The Hall–Kier alpha value is -1.53. The number of sulfonamides is 1. The number of rotatable bonds is 8. The Bertz CT molecular complexity index is 962. The first-order chi connectivity index (χ1) is 13.4. The fourth-order valence-corrected chi connectivity index (χ4v) is 4.92. The lowest BCUT2D eigenvalue weighted by Crippen LogP contribution is -2.43. The molecule has 0 fully saturated rings. The van der Waals surface area contributed by atoms with Crippen molar-refractivity contribution in [2.75, 3.05) is 6.61 Å². The van der Waals surface area contributed by atoms with Gasteiger partial charge in [0.2, 0.25) is 10.0 Å². The van der Waals surface area contributed by atoms with E-state index in [0.717, 1.165) is 35.6 Å². The van der Waals surface area contributed by atoms with E-state index in [-0.39, 0.29) is 22.3 Å². The lowest BCUT2D eigenvalue weighted by Gasteiger charge is -2.17. The molecular weight excluding hydrogens is 478 g/mol. The van der Waals surface area contributed by atoms with Gasteiger partial charge in [-0.2, -0.15) is 4.72 Å². The van der Waals surface area contributed by atoms with Crippen LogP contribution in [-0.4, -0.2) is 33.4 Å². The summed E-state index contributed by atoms with van der Waals surface area (Å²) in [5.41, 5.74) is 0.441. The maximum Gasteiger partial charge on any atom is 0.573 e. The minimum Gasteiger partial charge on any atom is -0.465 e. The highest BCUT2D eigenvalue weighted by atomic mass is 35.5. The molecule has 1 N–H and O–H groups in total. The number of carbonyl (C=O) groups is 1. The second-order valence-corrected chi connectivity index (χ2v) is 9.50. The second-order valence-electron chi connectivity index (χ2n) is 5.50. The van der Waals surface area contributed by atoms with Gasteiger partial charge in [-0.25, -0.2) is 8.42 Å². The van der Waals surface area contributed by atoms with Crippen LogP contribution >= 0.6 is 34.5 Å². The van der Waals surface area contributed by atoms with Gasteiger partial charge < -0.3 is 9.47 Å². The van der Waals surface area contributed by atoms with Crippen LogP contribution in [0.4, 0.5) is 13.2 Å². The number of halogens is 5. The first-order valence-corrected chi connectivity index (χ1v) is 11.0. The molecule has 1 unspecified atom stereocenters. The maximum atomic E-state index is 12.6. The van der Waals surface area contributed by atoms with Crippen molar-refractivity contribution in [3.8, 4) is 5.75 Å². The molecule has 0 saturated carbocycles. The number of nitrogens with one attached hydrogen (secondary N) is 1. The van der Waals surface area contributed by atoms with E-state index in [9.17, 15) is 26.4 Å². The van der Waals surface area contributed by atoms with Crippen LogP contribution in [0.25, 0.3) is 0 Å². The van der Waals surface area contributed by atoms with Crippen LogP contribution in [0, 0.1) is 0 Å². The molecule has 1 aromatic carbocycles. The van der Waals surface area contributed by atoms with Crippen molar-refractivity contribution in [3.05, 3.63) is 44.6 Å². The van der Waals surface area contributed by atoms with Crippen molar-refractivity contribution in [1.82, 2.24) is 4.72 Å². The standard InChI is InChI=1S/C16H14Cl2F3NO5S2/c1-2-26-15(23)12(7-9-8-13(17)28-14(9)18)22-29(24,25)11-5-3-10(4-6-11)27-16(19,20)21/h3-6,8,12,22H,2,7H2,1H3. The van der Waals surface area contributed by atoms with Crippen molar-refractivity contribution in [1.29, 1.82) is 0 Å². The smallest absolute Gasteiger partial charge is 0.465 e. The summed E-state index contributed by atoms with van der Waals surface area (Å²) in [6.45, 7) is 1.57. The number of hydrogen-bond donors (Lipinski definition) is 1. The Morgan fingerprint density at radius 1 is 1.24 bits per heavy atom. The van der Waals surface area contributed by atoms with Gasteiger partial charge in [-0.3, -0.25) is 4.79 Å². The monoisotopic (exact) mass is 491 g/mol. The van der Waals surface area contributed by atoms with Gasteiger partial charge in [-0.1, -0.05) is 23.2 Å². The molecule has 29 heavy (non-hydrogen) atoms. The molecule has 13 heteroatoms. The Balaban J connectivity index is 2.23. The lowest BCUT2D eigenvalue weighted by atomic mass is 10.1. The van der Waals surface area contributed by atoms with Gasteiger partial charge in [0.05, 0.1) is 20.2 Å². The van der Waals surface area contributed by atoms with E-state index in [2.05, 4.69) is 9.46 Å². The predicted molar refractivity (Wildman–Crippen MR) is 102 cm³/mol. The van der Waals surface area contributed by atoms with E-state index in [1.807, 2.05) is 0 Å². The van der Waals surface area contributed by atoms with E-state index in [1.165, 1.54) is 6.07 Å². The largest absolute Gasteiger partial charge is 0.573 e. The van der Waals surface area contributed by atoms with Gasteiger partial charge in [0.15, 0.2) is 0 Å².